The van der Waals surface area contributed by atoms with E-state index in [2.05, 4.69) is 15.8 Å². The fourth-order valence-corrected chi connectivity index (χ4v) is 4.17. The van der Waals surface area contributed by atoms with Crippen LogP contribution in [0.1, 0.15) is 31.2 Å². The minimum absolute atomic E-state index is 0.495. The van der Waals surface area contributed by atoms with E-state index >= 15 is 0 Å². The van der Waals surface area contributed by atoms with Crippen molar-refractivity contribution in [3.63, 3.8) is 0 Å². The zero-order valence-electron chi connectivity index (χ0n) is 14.9. The molecule has 0 unspecified atom stereocenters. The summed E-state index contributed by atoms with van der Waals surface area (Å²) >= 11 is 5.35. The van der Waals surface area contributed by atoms with Gasteiger partial charge in [0, 0.05) is 11.6 Å². The van der Waals surface area contributed by atoms with Crippen LogP contribution in [0.3, 0.4) is 0 Å². The van der Waals surface area contributed by atoms with Crippen molar-refractivity contribution in [2.24, 2.45) is 16.9 Å². The van der Waals surface area contributed by atoms with Gasteiger partial charge in [-0.1, -0.05) is 6.42 Å². The fourth-order valence-electron chi connectivity index (χ4n) is 3.96. The molecule has 2 aliphatic rings. The Bertz CT molecular complexity index is 640. The van der Waals surface area contributed by atoms with Gasteiger partial charge >= 0.3 is 0 Å². The lowest BCUT2D eigenvalue weighted by Gasteiger charge is -2.23. The molecule has 0 saturated heterocycles. The number of nitrogens with one attached hydrogen (secondary N) is 2. The Morgan fingerprint density at radius 3 is 2.36 bits per heavy atom. The first-order chi connectivity index (χ1) is 12.1. The summed E-state index contributed by atoms with van der Waals surface area (Å²) in [5, 5.41) is 8.19. The van der Waals surface area contributed by atoms with Crippen LogP contribution in [0.25, 0.3) is 0 Å². The number of hydrogen-bond acceptors (Lipinski definition) is 5. The number of thiocarbonyl (C=S) groups is 1. The van der Waals surface area contributed by atoms with Crippen LogP contribution in [-0.2, 0) is 0 Å². The van der Waals surface area contributed by atoms with Crippen molar-refractivity contribution in [3.8, 4) is 17.2 Å². The van der Waals surface area contributed by atoms with Gasteiger partial charge in [-0.3, -0.25) is 5.43 Å². The van der Waals surface area contributed by atoms with E-state index in [-0.39, 0.29) is 0 Å². The van der Waals surface area contributed by atoms with E-state index in [1.54, 1.807) is 27.5 Å². The molecule has 3 atom stereocenters. The molecule has 2 N–H and O–H groups in total. The molecule has 2 aliphatic carbocycles. The SMILES string of the molecule is COc1cc(C=NNC(=S)N[C@@H]2C[C@H]3CC[C@H]2C3)cc(OC)c1OC. The molecule has 25 heavy (non-hydrogen) atoms. The zero-order valence-corrected chi connectivity index (χ0v) is 15.7. The second-order valence-electron chi connectivity index (χ2n) is 6.58. The van der Waals surface area contributed by atoms with Gasteiger partial charge in [-0.05, 0) is 55.4 Å². The van der Waals surface area contributed by atoms with Gasteiger partial charge in [-0.2, -0.15) is 5.10 Å². The summed E-state index contributed by atoms with van der Waals surface area (Å²) in [4.78, 5) is 0. The van der Waals surface area contributed by atoms with Gasteiger partial charge in [0.05, 0.1) is 27.5 Å². The second kappa shape index (κ2) is 7.91. The molecule has 0 radical (unpaired) electrons. The number of nitrogens with zero attached hydrogens (tertiary/aromatic N) is 1. The molecule has 7 heteroatoms. The molecular weight excluding hydrogens is 338 g/mol. The van der Waals surface area contributed by atoms with Gasteiger partial charge in [0.15, 0.2) is 16.6 Å². The summed E-state index contributed by atoms with van der Waals surface area (Å²) in [6.45, 7) is 0. The van der Waals surface area contributed by atoms with E-state index in [1.165, 1.54) is 25.7 Å². The van der Waals surface area contributed by atoms with Gasteiger partial charge < -0.3 is 19.5 Å². The van der Waals surface area contributed by atoms with Crippen LogP contribution in [0, 0.1) is 11.8 Å². The smallest absolute Gasteiger partial charge is 0.203 e. The van der Waals surface area contributed by atoms with Crippen molar-refractivity contribution in [3.05, 3.63) is 17.7 Å². The number of benzene rings is 1. The highest BCUT2D eigenvalue weighted by atomic mass is 32.1. The summed E-state index contributed by atoms with van der Waals surface area (Å²) in [7, 11) is 4.76. The maximum atomic E-state index is 5.35. The highest BCUT2D eigenvalue weighted by Crippen LogP contribution is 2.44. The molecule has 3 rings (SSSR count). The standard InChI is InChI=1S/C18H25N3O3S/c1-22-15-8-12(9-16(23-2)17(15)24-3)10-19-21-18(25)20-14-7-11-4-5-13(14)6-11/h8-11,13-14H,4-7H2,1-3H3,(H2,20,21,25)/t11-,13-,14+/m0/s1. The zero-order chi connectivity index (χ0) is 17.8. The van der Waals surface area contributed by atoms with Crippen LogP contribution < -0.4 is 25.0 Å². The molecule has 0 amide bonds. The van der Waals surface area contributed by atoms with Crippen molar-refractivity contribution in [1.82, 2.24) is 10.7 Å². The first-order valence-corrected chi connectivity index (χ1v) is 8.95. The Kier molecular flexibility index (Phi) is 5.63. The Labute approximate surface area is 153 Å². The summed E-state index contributed by atoms with van der Waals surface area (Å²) < 4.78 is 16.0. The monoisotopic (exact) mass is 363 g/mol. The third kappa shape index (κ3) is 3.98. The van der Waals surface area contributed by atoms with Crippen molar-refractivity contribution in [1.29, 1.82) is 0 Å². The molecule has 136 valence electrons. The molecule has 2 fully saturated rings. The third-order valence-corrected chi connectivity index (χ3v) is 5.33. The molecule has 1 aromatic rings. The Morgan fingerprint density at radius 2 is 1.84 bits per heavy atom. The maximum absolute atomic E-state index is 5.35. The van der Waals surface area contributed by atoms with E-state index in [1.807, 2.05) is 12.1 Å². The molecule has 1 aromatic carbocycles. The molecule has 2 saturated carbocycles. The molecule has 2 bridgehead atoms. The van der Waals surface area contributed by atoms with Crippen LogP contribution in [0.2, 0.25) is 0 Å². The number of fused-ring (bicyclic) bond motifs is 2. The summed E-state index contributed by atoms with van der Waals surface area (Å²) in [5.74, 6) is 3.39. The fraction of sp³-hybridized carbons (Fsp3) is 0.556. The summed E-state index contributed by atoms with van der Waals surface area (Å²) in [6, 6.07) is 4.16. The Balaban J connectivity index is 1.59. The number of hydrazone groups is 1. The average Bonchev–Trinajstić information content (AvgIpc) is 3.23. The number of ether oxygens (including phenoxy) is 3. The van der Waals surface area contributed by atoms with Crippen LogP contribution >= 0.6 is 12.2 Å². The average molecular weight is 363 g/mol. The molecule has 0 spiro atoms. The summed E-state index contributed by atoms with van der Waals surface area (Å²) in [6.07, 6.45) is 6.94. The third-order valence-electron chi connectivity index (χ3n) is 5.12. The van der Waals surface area contributed by atoms with Crippen LogP contribution in [0.4, 0.5) is 0 Å². The van der Waals surface area contributed by atoms with Crippen molar-refractivity contribution in [2.45, 2.75) is 31.7 Å². The Morgan fingerprint density at radius 1 is 1.12 bits per heavy atom. The quantitative estimate of drug-likeness (QED) is 0.460. The lowest BCUT2D eigenvalue weighted by atomic mass is 9.96. The van der Waals surface area contributed by atoms with Crippen LogP contribution in [0.15, 0.2) is 17.2 Å². The first kappa shape index (κ1) is 17.8. The minimum atomic E-state index is 0.495. The van der Waals surface area contributed by atoms with E-state index < -0.39 is 0 Å². The minimum Gasteiger partial charge on any atom is -0.493 e. The maximum Gasteiger partial charge on any atom is 0.203 e. The molecule has 6 nitrogen and oxygen atoms in total. The van der Waals surface area contributed by atoms with E-state index in [9.17, 15) is 0 Å². The number of hydrogen-bond donors (Lipinski definition) is 2. The normalized spacial score (nSPS) is 24.4. The van der Waals surface area contributed by atoms with Crippen molar-refractivity contribution < 1.29 is 14.2 Å². The largest absolute Gasteiger partial charge is 0.493 e. The van der Waals surface area contributed by atoms with E-state index in [4.69, 9.17) is 26.4 Å². The molecule has 0 aliphatic heterocycles. The van der Waals surface area contributed by atoms with Gasteiger partial charge in [0.25, 0.3) is 0 Å². The molecule has 0 heterocycles. The highest BCUT2D eigenvalue weighted by molar-refractivity contribution is 7.80. The molecular formula is C18H25N3O3S. The molecule has 0 aromatic heterocycles. The van der Waals surface area contributed by atoms with E-state index in [0.717, 1.165) is 17.4 Å². The second-order valence-corrected chi connectivity index (χ2v) is 6.99. The highest BCUT2D eigenvalue weighted by Gasteiger charge is 2.39. The number of rotatable bonds is 6. The van der Waals surface area contributed by atoms with Gasteiger partial charge in [-0.15, -0.1) is 0 Å². The predicted molar refractivity (Wildman–Crippen MR) is 102 cm³/mol. The predicted octanol–water partition coefficient (Wildman–Crippen LogP) is 2.70. The summed E-state index contributed by atoms with van der Waals surface area (Å²) in [5.41, 5.74) is 3.72. The van der Waals surface area contributed by atoms with Crippen molar-refractivity contribution in [2.75, 3.05) is 21.3 Å². The lowest BCUT2D eigenvalue weighted by Crippen LogP contribution is -2.42. The topological polar surface area (TPSA) is 64.1 Å². The van der Waals surface area contributed by atoms with Crippen LogP contribution in [0.5, 0.6) is 17.2 Å². The van der Waals surface area contributed by atoms with Gasteiger partial charge in [0.1, 0.15) is 0 Å². The van der Waals surface area contributed by atoms with Crippen LogP contribution in [-0.4, -0.2) is 38.7 Å². The first-order valence-electron chi connectivity index (χ1n) is 8.54. The lowest BCUT2D eigenvalue weighted by molar-refractivity contribution is 0.324. The Hall–Kier alpha value is -2.02. The number of methoxy groups -OCH3 is 3. The van der Waals surface area contributed by atoms with Crippen molar-refractivity contribution >= 4 is 23.5 Å². The van der Waals surface area contributed by atoms with Gasteiger partial charge in [0.2, 0.25) is 5.75 Å². The van der Waals surface area contributed by atoms with Gasteiger partial charge in [-0.25, -0.2) is 0 Å². The van der Waals surface area contributed by atoms with E-state index in [0.29, 0.717) is 28.4 Å².